The van der Waals surface area contributed by atoms with Crippen molar-refractivity contribution in [1.82, 2.24) is 9.97 Å². The average molecular weight is 337 g/mol. The zero-order valence-electron chi connectivity index (χ0n) is 13.1. The molecule has 0 saturated heterocycles. The summed E-state index contributed by atoms with van der Waals surface area (Å²) in [6, 6.07) is 0. The third-order valence-corrected chi connectivity index (χ3v) is 6.68. The first-order valence-corrected chi connectivity index (χ1v) is 9.19. The molecule has 2 aromatic heterocycles. The molecule has 0 aromatic carbocycles. The number of hydrogen-bond acceptors (Lipinski definition) is 7. The average Bonchev–Trinajstić information content (AvgIpc) is 3.22. The van der Waals surface area contributed by atoms with Crippen molar-refractivity contribution in [2.24, 2.45) is 0 Å². The van der Waals surface area contributed by atoms with E-state index < -0.39 is 0 Å². The smallest absolute Gasteiger partial charge is 0.348 e. The zero-order valence-corrected chi connectivity index (χ0v) is 14.8. The highest BCUT2D eigenvalue weighted by atomic mass is 32.2. The Balaban J connectivity index is 2.01. The van der Waals surface area contributed by atoms with Crippen LogP contribution in [0.15, 0.2) is 0 Å². The Morgan fingerprint density at radius 1 is 1.41 bits per heavy atom. The molecular formula is C15H19N3O2S2. The second kappa shape index (κ2) is 5.70. The highest BCUT2D eigenvalue weighted by molar-refractivity contribution is 8.00. The number of rotatable bonds is 5. The Labute approximate surface area is 137 Å². The van der Waals surface area contributed by atoms with Gasteiger partial charge in [-0.3, -0.25) is 0 Å². The number of carbonyl (C=O) groups excluding carboxylic acids is 1. The molecule has 0 radical (unpaired) electrons. The molecule has 0 aliphatic heterocycles. The number of methoxy groups -OCH3 is 1. The van der Waals surface area contributed by atoms with Crippen molar-refractivity contribution < 1.29 is 9.53 Å². The number of thioether (sulfide) groups is 1. The standard InChI is InChI=1S/C15H19N3O2S2/c1-8-10-12(16-7-15(21-4)5-6-15)17-9(2)18-13(10)22-11(8)14(19)20-3/h5-7H2,1-4H3,(H,16,17,18). The molecule has 7 heteroatoms. The van der Waals surface area contributed by atoms with E-state index in [-0.39, 0.29) is 5.97 Å². The van der Waals surface area contributed by atoms with E-state index in [0.717, 1.165) is 28.1 Å². The van der Waals surface area contributed by atoms with Gasteiger partial charge < -0.3 is 10.1 Å². The van der Waals surface area contributed by atoms with Gasteiger partial charge in [-0.1, -0.05) is 0 Å². The Hall–Kier alpha value is -1.34. The number of esters is 1. The summed E-state index contributed by atoms with van der Waals surface area (Å²) in [6.45, 7) is 4.69. The minimum atomic E-state index is -0.313. The van der Waals surface area contributed by atoms with E-state index in [0.29, 0.717) is 15.4 Å². The maximum Gasteiger partial charge on any atom is 0.348 e. The Morgan fingerprint density at radius 2 is 2.14 bits per heavy atom. The summed E-state index contributed by atoms with van der Waals surface area (Å²) in [5, 5.41) is 4.41. The lowest BCUT2D eigenvalue weighted by atomic mass is 10.2. The first-order valence-electron chi connectivity index (χ1n) is 7.15. The molecule has 2 heterocycles. The first kappa shape index (κ1) is 15.6. The number of nitrogens with one attached hydrogen (secondary N) is 1. The number of fused-ring (bicyclic) bond motifs is 1. The van der Waals surface area contributed by atoms with Gasteiger partial charge in [-0.15, -0.1) is 11.3 Å². The van der Waals surface area contributed by atoms with Gasteiger partial charge in [0.05, 0.1) is 12.5 Å². The molecule has 0 amide bonds. The van der Waals surface area contributed by atoms with Crippen molar-refractivity contribution in [3.05, 3.63) is 16.3 Å². The van der Waals surface area contributed by atoms with Crippen molar-refractivity contribution in [1.29, 1.82) is 0 Å². The molecular weight excluding hydrogens is 318 g/mol. The van der Waals surface area contributed by atoms with Gasteiger partial charge >= 0.3 is 5.97 Å². The van der Waals surface area contributed by atoms with Gasteiger partial charge in [-0.05, 0) is 38.5 Å². The van der Waals surface area contributed by atoms with E-state index >= 15 is 0 Å². The van der Waals surface area contributed by atoms with Crippen molar-refractivity contribution in [2.45, 2.75) is 31.4 Å². The topological polar surface area (TPSA) is 64.1 Å². The van der Waals surface area contributed by atoms with Crippen LogP contribution in [0.1, 0.15) is 33.9 Å². The second-order valence-corrected chi connectivity index (χ2v) is 7.86. The first-order chi connectivity index (χ1) is 10.5. The van der Waals surface area contributed by atoms with Crippen molar-refractivity contribution in [2.75, 3.05) is 25.2 Å². The van der Waals surface area contributed by atoms with E-state index in [4.69, 9.17) is 4.74 Å². The summed E-state index contributed by atoms with van der Waals surface area (Å²) < 4.78 is 5.21. The largest absolute Gasteiger partial charge is 0.465 e. The van der Waals surface area contributed by atoms with Gasteiger partial charge in [0.1, 0.15) is 21.3 Å². The Kier molecular flexibility index (Phi) is 4.03. The molecule has 1 fully saturated rings. The van der Waals surface area contributed by atoms with Crippen LogP contribution in [0.5, 0.6) is 0 Å². The maximum absolute atomic E-state index is 11.9. The van der Waals surface area contributed by atoms with Crippen LogP contribution in [0, 0.1) is 13.8 Å². The van der Waals surface area contributed by atoms with Gasteiger partial charge in [0.15, 0.2) is 0 Å². The van der Waals surface area contributed by atoms with Gasteiger partial charge in [0.2, 0.25) is 0 Å². The fourth-order valence-corrected chi connectivity index (χ4v) is 4.37. The fraction of sp³-hybridized carbons (Fsp3) is 0.533. The molecule has 118 valence electrons. The van der Waals surface area contributed by atoms with Crippen LogP contribution in [0.2, 0.25) is 0 Å². The SMILES string of the molecule is COC(=O)c1sc2nc(C)nc(NCC3(SC)CC3)c2c1C. The normalized spacial score (nSPS) is 15.8. The number of hydrogen-bond donors (Lipinski definition) is 1. The van der Waals surface area contributed by atoms with Gasteiger partial charge in [-0.25, -0.2) is 14.8 Å². The number of anilines is 1. The third-order valence-electron chi connectivity index (χ3n) is 4.09. The van der Waals surface area contributed by atoms with Crippen LogP contribution in [-0.2, 0) is 4.74 Å². The van der Waals surface area contributed by atoms with Crippen LogP contribution in [0.25, 0.3) is 10.2 Å². The minimum absolute atomic E-state index is 0.313. The number of aryl methyl sites for hydroxylation is 2. The van der Waals surface area contributed by atoms with Crippen molar-refractivity contribution in [3.8, 4) is 0 Å². The van der Waals surface area contributed by atoms with E-state index in [2.05, 4.69) is 21.5 Å². The predicted octanol–water partition coefficient (Wildman–Crippen LogP) is 3.40. The summed E-state index contributed by atoms with van der Waals surface area (Å²) in [4.78, 5) is 22.3. The highest BCUT2D eigenvalue weighted by Gasteiger charge is 2.41. The van der Waals surface area contributed by atoms with Crippen LogP contribution in [-0.4, -0.2) is 40.6 Å². The molecule has 1 aliphatic rings. The molecule has 5 nitrogen and oxygen atoms in total. The van der Waals surface area contributed by atoms with E-state index in [9.17, 15) is 4.79 Å². The highest BCUT2D eigenvalue weighted by Crippen LogP contribution is 2.47. The Morgan fingerprint density at radius 3 is 2.73 bits per heavy atom. The second-order valence-electron chi connectivity index (χ2n) is 5.59. The van der Waals surface area contributed by atoms with Crippen LogP contribution >= 0.6 is 23.1 Å². The zero-order chi connectivity index (χ0) is 15.9. The number of aromatic nitrogens is 2. The molecule has 22 heavy (non-hydrogen) atoms. The van der Waals surface area contributed by atoms with Crippen LogP contribution in [0.3, 0.4) is 0 Å². The molecule has 1 aliphatic carbocycles. The minimum Gasteiger partial charge on any atom is -0.465 e. The lowest BCUT2D eigenvalue weighted by Gasteiger charge is -2.14. The fourth-order valence-electron chi connectivity index (χ4n) is 2.50. The predicted molar refractivity (Wildman–Crippen MR) is 92.2 cm³/mol. The third kappa shape index (κ3) is 2.67. The summed E-state index contributed by atoms with van der Waals surface area (Å²) in [7, 11) is 1.40. The van der Waals surface area contributed by atoms with Crippen molar-refractivity contribution in [3.63, 3.8) is 0 Å². The lowest BCUT2D eigenvalue weighted by Crippen LogP contribution is -2.18. The van der Waals surface area contributed by atoms with E-state index in [1.165, 1.54) is 31.3 Å². The molecule has 3 rings (SSSR count). The molecule has 0 bridgehead atoms. The maximum atomic E-state index is 11.9. The number of nitrogens with zero attached hydrogens (tertiary/aromatic N) is 2. The molecule has 0 unspecified atom stereocenters. The van der Waals surface area contributed by atoms with Gasteiger partial charge in [-0.2, -0.15) is 11.8 Å². The quantitative estimate of drug-likeness (QED) is 0.844. The number of carbonyl (C=O) groups is 1. The number of thiophene rings is 1. The lowest BCUT2D eigenvalue weighted by molar-refractivity contribution is 0.0605. The summed E-state index contributed by atoms with van der Waals surface area (Å²) in [5.41, 5.74) is 0.892. The summed E-state index contributed by atoms with van der Waals surface area (Å²) in [5.74, 6) is 1.22. The molecule has 1 saturated carbocycles. The Bertz CT molecular complexity index is 738. The molecule has 0 spiro atoms. The molecule has 0 atom stereocenters. The monoisotopic (exact) mass is 337 g/mol. The van der Waals surface area contributed by atoms with Gasteiger partial charge in [0, 0.05) is 11.3 Å². The summed E-state index contributed by atoms with van der Waals surface area (Å²) in [6.07, 6.45) is 4.63. The van der Waals surface area contributed by atoms with Gasteiger partial charge in [0.25, 0.3) is 0 Å². The van der Waals surface area contributed by atoms with Crippen molar-refractivity contribution >= 4 is 45.1 Å². The number of ether oxygens (including phenoxy) is 1. The van der Waals surface area contributed by atoms with E-state index in [1.807, 2.05) is 25.6 Å². The molecule has 2 aromatic rings. The van der Waals surface area contributed by atoms with E-state index in [1.54, 1.807) is 0 Å². The van der Waals surface area contributed by atoms with Crippen LogP contribution < -0.4 is 5.32 Å². The summed E-state index contributed by atoms with van der Waals surface area (Å²) >= 11 is 3.28. The molecule has 1 N–H and O–H groups in total. The van der Waals surface area contributed by atoms with Crippen LogP contribution in [0.4, 0.5) is 5.82 Å².